The zero-order valence-electron chi connectivity index (χ0n) is 12.2. The molecule has 1 aromatic rings. The number of pyridine rings is 1. The largest absolute Gasteiger partial charge is 0.492 e. The highest BCUT2D eigenvalue weighted by molar-refractivity contribution is 5.27. The van der Waals surface area contributed by atoms with E-state index in [9.17, 15) is 0 Å². The topological polar surface area (TPSA) is 34.2 Å². The molecule has 2 unspecified atom stereocenters. The van der Waals surface area contributed by atoms with Gasteiger partial charge in [0.05, 0.1) is 12.8 Å². The molecule has 1 saturated carbocycles. The van der Waals surface area contributed by atoms with Crippen molar-refractivity contribution < 1.29 is 4.74 Å². The lowest BCUT2D eigenvalue weighted by molar-refractivity contribution is 0.337. The summed E-state index contributed by atoms with van der Waals surface area (Å²) < 4.78 is 5.56. The average molecular weight is 262 g/mol. The van der Waals surface area contributed by atoms with E-state index in [1.165, 1.54) is 31.2 Å². The number of nitrogens with zero attached hydrogens (tertiary/aromatic N) is 1. The van der Waals surface area contributed by atoms with E-state index in [4.69, 9.17) is 4.74 Å². The van der Waals surface area contributed by atoms with Gasteiger partial charge in [0.15, 0.2) is 0 Å². The smallest absolute Gasteiger partial charge is 0.137 e. The Bertz CT molecular complexity index is 381. The van der Waals surface area contributed by atoms with Crippen LogP contribution in [0.15, 0.2) is 18.5 Å². The fourth-order valence-electron chi connectivity index (χ4n) is 3.07. The molecule has 2 atom stereocenters. The summed E-state index contributed by atoms with van der Waals surface area (Å²) in [5, 5.41) is 3.56. The van der Waals surface area contributed by atoms with Crippen LogP contribution < -0.4 is 10.1 Å². The van der Waals surface area contributed by atoms with Gasteiger partial charge in [-0.2, -0.15) is 0 Å². The third-order valence-electron chi connectivity index (χ3n) is 3.97. The van der Waals surface area contributed by atoms with Gasteiger partial charge in [-0.15, -0.1) is 0 Å². The van der Waals surface area contributed by atoms with E-state index in [2.05, 4.69) is 23.3 Å². The summed E-state index contributed by atoms with van der Waals surface area (Å²) in [6, 6.07) is 2.18. The SMILES string of the molecule is CCCNCC1CCCC1c1cncc(OCC)c1. The standard InChI is InChI=1S/C16H26N2O/c1-3-8-17-10-13-6-5-7-16(13)14-9-15(19-4-2)12-18-11-14/h9,11-13,16-17H,3-8,10H2,1-2H3. The average Bonchev–Trinajstić information content (AvgIpc) is 2.88. The monoisotopic (exact) mass is 262 g/mol. The number of ether oxygens (including phenoxy) is 1. The van der Waals surface area contributed by atoms with E-state index in [1.807, 2.05) is 19.3 Å². The van der Waals surface area contributed by atoms with Gasteiger partial charge in [0, 0.05) is 6.20 Å². The van der Waals surface area contributed by atoms with Crippen LogP contribution in [0.2, 0.25) is 0 Å². The molecular weight excluding hydrogens is 236 g/mol. The molecule has 1 aliphatic carbocycles. The Balaban J connectivity index is 2.00. The van der Waals surface area contributed by atoms with Crippen LogP contribution in [0.25, 0.3) is 0 Å². The number of aromatic nitrogens is 1. The summed E-state index contributed by atoms with van der Waals surface area (Å²) >= 11 is 0. The number of hydrogen-bond acceptors (Lipinski definition) is 3. The molecule has 2 rings (SSSR count). The normalized spacial score (nSPS) is 22.6. The maximum Gasteiger partial charge on any atom is 0.137 e. The predicted octanol–water partition coefficient (Wildman–Crippen LogP) is 3.36. The van der Waals surface area contributed by atoms with Gasteiger partial charge in [-0.3, -0.25) is 4.98 Å². The second-order valence-electron chi connectivity index (χ2n) is 5.39. The van der Waals surface area contributed by atoms with E-state index in [-0.39, 0.29) is 0 Å². The second kappa shape index (κ2) is 7.49. The Labute approximate surface area is 116 Å². The Morgan fingerprint density at radius 2 is 2.21 bits per heavy atom. The fraction of sp³-hybridized carbons (Fsp3) is 0.688. The molecule has 1 heterocycles. The van der Waals surface area contributed by atoms with Gasteiger partial charge in [0.25, 0.3) is 0 Å². The first kappa shape index (κ1) is 14.3. The molecule has 106 valence electrons. The first-order valence-electron chi connectivity index (χ1n) is 7.63. The molecule has 0 radical (unpaired) electrons. The van der Waals surface area contributed by atoms with Crippen molar-refractivity contribution >= 4 is 0 Å². The number of rotatable bonds is 7. The maximum absolute atomic E-state index is 5.56. The van der Waals surface area contributed by atoms with Crippen molar-refractivity contribution in [2.75, 3.05) is 19.7 Å². The lowest BCUT2D eigenvalue weighted by Crippen LogP contribution is -2.25. The third-order valence-corrected chi connectivity index (χ3v) is 3.97. The lowest BCUT2D eigenvalue weighted by Gasteiger charge is -2.20. The molecule has 3 heteroatoms. The molecule has 1 aromatic heterocycles. The van der Waals surface area contributed by atoms with E-state index >= 15 is 0 Å². The van der Waals surface area contributed by atoms with Crippen LogP contribution in [0.3, 0.4) is 0 Å². The van der Waals surface area contributed by atoms with Crippen molar-refractivity contribution in [3.8, 4) is 5.75 Å². The van der Waals surface area contributed by atoms with Gasteiger partial charge < -0.3 is 10.1 Å². The van der Waals surface area contributed by atoms with Gasteiger partial charge in [-0.05, 0) is 62.7 Å². The highest BCUT2D eigenvalue weighted by atomic mass is 16.5. The summed E-state index contributed by atoms with van der Waals surface area (Å²) in [5.74, 6) is 2.31. The molecule has 1 N–H and O–H groups in total. The van der Waals surface area contributed by atoms with Crippen molar-refractivity contribution in [1.29, 1.82) is 0 Å². The van der Waals surface area contributed by atoms with Crippen LogP contribution in [0.4, 0.5) is 0 Å². The summed E-state index contributed by atoms with van der Waals surface area (Å²) in [6.07, 6.45) is 8.99. The van der Waals surface area contributed by atoms with Crippen molar-refractivity contribution in [1.82, 2.24) is 10.3 Å². The van der Waals surface area contributed by atoms with Crippen LogP contribution in [-0.2, 0) is 0 Å². The second-order valence-corrected chi connectivity index (χ2v) is 5.39. The molecule has 0 aromatic carbocycles. The molecule has 0 aliphatic heterocycles. The van der Waals surface area contributed by atoms with Crippen molar-refractivity contribution in [2.24, 2.45) is 5.92 Å². The summed E-state index contributed by atoms with van der Waals surface area (Å²) in [7, 11) is 0. The zero-order chi connectivity index (χ0) is 13.5. The van der Waals surface area contributed by atoms with Crippen LogP contribution in [0, 0.1) is 5.92 Å². The van der Waals surface area contributed by atoms with Gasteiger partial charge in [-0.1, -0.05) is 13.3 Å². The Morgan fingerprint density at radius 3 is 3.00 bits per heavy atom. The lowest BCUT2D eigenvalue weighted by atomic mass is 9.90. The summed E-state index contributed by atoms with van der Waals surface area (Å²) in [4.78, 5) is 4.33. The first-order valence-corrected chi connectivity index (χ1v) is 7.63. The molecule has 1 fully saturated rings. The van der Waals surface area contributed by atoms with Gasteiger partial charge in [0.1, 0.15) is 5.75 Å². The molecule has 0 amide bonds. The molecule has 0 saturated heterocycles. The molecule has 1 aliphatic rings. The van der Waals surface area contributed by atoms with E-state index in [1.54, 1.807) is 0 Å². The van der Waals surface area contributed by atoms with Crippen molar-refractivity contribution in [3.05, 3.63) is 24.0 Å². The zero-order valence-corrected chi connectivity index (χ0v) is 12.2. The molecule has 0 spiro atoms. The molecule has 3 nitrogen and oxygen atoms in total. The van der Waals surface area contributed by atoms with Crippen LogP contribution in [0.5, 0.6) is 5.75 Å². The third kappa shape index (κ3) is 3.93. The Hall–Kier alpha value is -1.09. The fourth-order valence-corrected chi connectivity index (χ4v) is 3.07. The van der Waals surface area contributed by atoms with Gasteiger partial charge in [0.2, 0.25) is 0 Å². The van der Waals surface area contributed by atoms with Crippen LogP contribution in [-0.4, -0.2) is 24.7 Å². The highest BCUT2D eigenvalue weighted by Crippen LogP contribution is 2.39. The van der Waals surface area contributed by atoms with Crippen molar-refractivity contribution in [3.63, 3.8) is 0 Å². The van der Waals surface area contributed by atoms with E-state index in [0.717, 1.165) is 24.8 Å². The number of nitrogens with one attached hydrogen (secondary N) is 1. The molecule has 19 heavy (non-hydrogen) atoms. The maximum atomic E-state index is 5.56. The van der Waals surface area contributed by atoms with Gasteiger partial charge >= 0.3 is 0 Å². The summed E-state index contributed by atoms with van der Waals surface area (Å²) in [5.41, 5.74) is 1.35. The van der Waals surface area contributed by atoms with E-state index in [0.29, 0.717) is 12.5 Å². The summed E-state index contributed by atoms with van der Waals surface area (Å²) in [6.45, 7) is 7.20. The number of hydrogen-bond donors (Lipinski definition) is 1. The predicted molar refractivity (Wildman–Crippen MR) is 78.6 cm³/mol. The Morgan fingerprint density at radius 1 is 1.32 bits per heavy atom. The van der Waals surface area contributed by atoms with Crippen molar-refractivity contribution in [2.45, 2.75) is 45.4 Å². The van der Waals surface area contributed by atoms with Gasteiger partial charge in [-0.25, -0.2) is 0 Å². The minimum absolute atomic E-state index is 0.650. The van der Waals surface area contributed by atoms with Crippen LogP contribution >= 0.6 is 0 Å². The minimum Gasteiger partial charge on any atom is -0.492 e. The molecular formula is C16H26N2O. The quantitative estimate of drug-likeness (QED) is 0.765. The first-order chi connectivity index (χ1) is 9.35. The highest BCUT2D eigenvalue weighted by Gasteiger charge is 2.28. The molecule has 0 bridgehead atoms. The Kier molecular flexibility index (Phi) is 5.64. The minimum atomic E-state index is 0.650. The van der Waals surface area contributed by atoms with E-state index < -0.39 is 0 Å². The van der Waals surface area contributed by atoms with Crippen LogP contribution in [0.1, 0.15) is 51.0 Å².